The van der Waals surface area contributed by atoms with Crippen LogP contribution in [-0.4, -0.2) is 66.9 Å². The van der Waals surface area contributed by atoms with Crippen LogP contribution >= 0.6 is 0 Å². The molecule has 2 aromatic heterocycles. The van der Waals surface area contributed by atoms with E-state index in [1.807, 2.05) is 14.1 Å². The quantitative estimate of drug-likeness (QED) is 0.271. The van der Waals surface area contributed by atoms with E-state index in [4.69, 9.17) is 9.15 Å². The molecule has 2 aromatic rings. The number of H-pyrrole nitrogens is 1. The number of nitrogens with zero attached hydrogens (tertiary/aromatic N) is 1. The van der Waals surface area contributed by atoms with Crippen LogP contribution in [0.3, 0.4) is 0 Å². The monoisotopic (exact) mass is 430 g/mol. The van der Waals surface area contributed by atoms with Gasteiger partial charge in [0.25, 0.3) is 11.7 Å². The molecule has 9 heteroatoms. The third-order valence-electron chi connectivity index (χ3n) is 5.49. The number of esters is 1. The van der Waals surface area contributed by atoms with Crippen molar-refractivity contribution >= 4 is 23.4 Å². The van der Waals surface area contributed by atoms with E-state index < -0.39 is 23.7 Å². The molecule has 0 unspecified atom stereocenters. The molecule has 31 heavy (non-hydrogen) atoms. The summed E-state index contributed by atoms with van der Waals surface area (Å²) in [7, 11) is 5.15. The van der Waals surface area contributed by atoms with Crippen LogP contribution in [0.4, 0.5) is 0 Å². The Bertz CT molecular complexity index is 1080. The molecular weight excluding hydrogens is 402 g/mol. The molecule has 9 nitrogen and oxygen atoms in total. The Morgan fingerprint density at radius 3 is 2.48 bits per heavy atom. The number of aryl methyl sites for hydroxylation is 2. The first kappa shape index (κ1) is 22.4. The second kappa shape index (κ2) is 8.43. The number of carbonyl (C=O) groups is 3. The van der Waals surface area contributed by atoms with Crippen molar-refractivity contribution in [1.29, 1.82) is 0 Å². The van der Waals surface area contributed by atoms with Gasteiger partial charge in [0.15, 0.2) is 0 Å². The van der Waals surface area contributed by atoms with Crippen LogP contribution < -0.4 is 4.90 Å². The first-order valence-electron chi connectivity index (χ1n) is 10.00. The second-order valence-corrected chi connectivity index (χ2v) is 8.01. The maximum atomic E-state index is 13.0. The predicted octanol–water partition coefficient (Wildman–Crippen LogP) is 0.886. The minimum Gasteiger partial charge on any atom is -0.507 e. The average Bonchev–Trinajstić information content (AvgIpc) is 3.34. The van der Waals surface area contributed by atoms with Crippen molar-refractivity contribution in [2.24, 2.45) is 0 Å². The van der Waals surface area contributed by atoms with E-state index >= 15 is 0 Å². The number of aliphatic hydroxyl groups is 1. The molecule has 1 fully saturated rings. The van der Waals surface area contributed by atoms with Gasteiger partial charge in [-0.05, 0) is 38.5 Å². The number of Topliss-reactive ketones (excluding diaryl/α,β-unsaturated/α-hetero) is 1. The third kappa shape index (κ3) is 3.88. The van der Waals surface area contributed by atoms with Crippen molar-refractivity contribution in [3.63, 3.8) is 0 Å². The standard InChI is InChI=1S/C22H27N3O6/c1-11-7-8-14(31-11)18-16(20(27)21(28)25(18)10-9-24(4)5)19(26)15-12(2)17(22(29)30-6)23-13(15)3/h7-8,18,23,26H,9-10H2,1-6H3/p+1/b19-16-/t18-/m0/s1. The molecule has 1 aliphatic heterocycles. The van der Waals surface area contributed by atoms with Crippen LogP contribution in [0.5, 0.6) is 0 Å². The molecule has 0 aliphatic carbocycles. The summed E-state index contributed by atoms with van der Waals surface area (Å²) in [5.41, 5.74) is 1.32. The van der Waals surface area contributed by atoms with Crippen LogP contribution in [0.15, 0.2) is 22.1 Å². The number of methoxy groups -OCH3 is 1. The largest absolute Gasteiger partial charge is 0.507 e. The molecule has 0 aromatic carbocycles. The Labute approximate surface area is 180 Å². The Balaban J connectivity index is 2.20. The van der Waals surface area contributed by atoms with Crippen molar-refractivity contribution in [2.75, 3.05) is 34.3 Å². The number of rotatable bonds is 6. The number of aromatic amines is 1. The molecule has 1 atom stereocenters. The lowest BCUT2D eigenvalue weighted by molar-refractivity contribution is -0.857. The number of aromatic nitrogens is 1. The first-order chi connectivity index (χ1) is 14.6. The highest BCUT2D eigenvalue weighted by Gasteiger charge is 2.48. The van der Waals surface area contributed by atoms with Gasteiger partial charge >= 0.3 is 5.97 Å². The summed E-state index contributed by atoms with van der Waals surface area (Å²) in [6, 6.07) is 2.59. The van der Waals surface area contributed by atoms with Crippen molar-refractivity contribution in [1.82, 2.24) is 9.88 Å². The number of aliphatic hydroxyl groups excluding tert-OH is 1. The number of hydrogen-bond donors (Lipinski definition) is 3. The number of likely N-dealkylation sites (N-methyl/N-ethyl adjacent to an activating group) is 1. The predicted molar refractivity (Wildman–Crippen MR) is 112 cm³/mol. The zero-order chi connectivity index (χ0) is 23.0. The normalized spacial score (nSPS) is 18.3. The SMILES string of the molecule is COC(=O)c1[nH]c(C)c(/C(O)=C2/C(=O)C(=O)N(CC[NH+](C)C)[C@H]2c2ccc(C)o2)c1C. The number of ether oxygens (including phenoxy) is 1. The van der Waals surface area contributed by atoms with Crippen molar-refractivity contribution in [3.8, 4) is 0 Å². The summed E-state index contributed by atoms with van der Waals surface area (Å²) in [5.74, 6) is -1.40. The Morgan fingerprint density at radius 2 is 1.94 bits per heavy atom. The van der Waals surface area contributed by atoms with Gasteiger partial charge in [-0.1, -0.05) is 0 Å². The summed E-state index contributed by atoms with van der Waals surface area (Å²) in [5, 5.41) is 11.2. The van der Waals surface area contributed by atoms with Crippen molar-refractivity contribution in [3.05, 3.63) is 51.7 Å². The van der Waals surface area contributed by atoms with E-state index in [9.17, 15) is 19.5 Å². The molecule has 166 valence electrons. The molecule has 0 spiro atoms. The summed E-state index contributed by atoms with van der Waals surface area (Å²) in [6.07, 6.45) is 0. The van der Waals surface area contributed by atoms with Crippen molar-refractivity contribution < 1.29 is 33.5 Å². The summed E-state index contributed by atoms with van der Waals surface area (Å²) < 4.78 is 10.5. The van der Waals surface area contributed by atoms with Gasteiger partial charge in [-0.2, -0.15) is 0 Å². The molecule has 0 saturated carbocycles. The van der Waals surface area contributed by atoms with E-state index in [2.05, 4.69) is 4.98 Å². The highest BCUT2D eigenvalue weighted by Crippen LogP contribution is 2.41. The lowest BCUT2D eigenvalue weighted by atomic mass is 9.97. The van der Waals surface area contributed by atoms with Gasteiger partial charge in [0.2, 0.25) is 0 Å². The fourth-order valence-corrected chi connectivity index (χ4v) is 3.90. The van der Waals surface area contributed by atoms with Crippen LogP contribution in [-0.2, 0) is 14.3 Å². The Morgan fingerprint density at radius 1 is 1.26 bits per heavy atom. The van der Waals surface area contributed by atoms with Gasteiger partial charge in [-0.25, -0.2) is 4.79 Å². The van der Waals surface area contributed by atoms with Crippen LogP contribution in [0, 0.1) is 20.8 Å². The lowest BCUT2D eigenvalue weighted by Gasteiger charge is -2.23. The van der Waals surface area contributed by atoms with E-state index in [1.165, 1.54) is 12.0 Å². The number of hydrogen-bond acceptors (Lipinski definition) is 6. The number of ketones is 1. The maximum absolute atomic E-state index is 13.0. The molecule has 3 heterocycles. The number of likely N-dealkylation sites (tertiary alicyclic amines) is 1. The summed E-state index contributed by atoms with van der Waals surface area (Å²) in [4.78, 5) is 43.4. The van der Waals surface area contributed by atoms with Gasteiger partial charge in [0, 0.05) is 11.3 Å². The van der Waals surface area contributed by atoms with Gasteiger partial charge in [0.05, 0.1) is 39.9 Å². The highest BCUT2D eigenvalue weighted by atomic mass is 16.5. The third-order valence-corrected chi connectivity index (χ3v) is 5.49. The molecule has 1 amide bonds. The fraction of sp³-hybridized carbons (Fsp3) is 0.409. The minimum atomic E-state index is -0.858. The molecular formula is C22H28N3O6+. The molecule has 0 bridgehead atoms. The van der Waals surface area contributed by atoms with E-state index in [-0.39, 0.29) is 17.0 Å². The molecule has 3 rings (SSSR count). The van der Waals surface area contributed by atoms with Gasteiger partial charge in [-0.15, -0.1) is 0 Å². The molecule has 1 aliphatic rings. The van der Waals surface area contributed by atoms with E-state index in [1.54, 1.807) is 32.9 Å². The molecule has 1 saturated heterocycles. The number of furan rings is 1. The van der Waals surface area contributed by atoms with Crippen LogP contribution in [0.2, 0.25) is 0 Å². The van der Waals surface area contributed by atoms with Gasteiger partial charge in [0.1, 0.15) is 29.0 Å². The summed E-state index contributed by atoms with van der Waals surface area (Å²) in [6.45, 7) is 6.00. The van der Waals surface area contributed by atoms with Crippen LogP contribution in [0.25, 0.3) is 5.76 Å². The minimum absolute atomic E-state index is 0.0604. The number of quaternary nitrogens is 1. The maximum Gasteiger partial charge on any atom is 0.354 e. The second-order valence-electron chi connectivity index (χ2n) is 8.01. The Hall–Kier alpha value is -3.33. The fourth-order valence-electron chi connectivity index (χ4n) is 3.90. The van der Waals surface area contributed by atoms with Crippen LogP contribution in [0.1, 0.15) is 44.9 Å². The van der Waals surface area contributed by atoms with Crippen molar-refractivity contribution in [2.45, 2.75) is 26.8 Å². The Kier molecular flexibility index (Phi) is 6.08. The topological polar surface area (TPSA) is 117 Å². The number of nitrogens with one attached hydrogen (secondary N) is 2. The van der Waals surface area contributed by atoms with Gasteiger partial charge < -0.3 is 29.0 Å². The van der Waals surface area contributed by atoms with E-state index in [0.29, 0.717) is 41.4 Å². The van der Waals surface area contributed by atoms with E-state index in [0.717, 1.165) is 4.90 Å². The zero-order valence-electron chi connectivity index (χ0n) is 18.6. The molecule has 0 radical (unpaired) electrons. The first-order valence-corrected chi connectivity index (χ1v) is 10.00. The highest BCUT2D eigenvalue weighted by molar-refractivity contribution is 6.46. The smallest absolute Gasteiger partial charge is 0.354 e. The summed E-state index contributed by atoms with van der Waals surface area (Å²) >= 11 is 0. The number of carbonyl (C=O) groups excluding carboxylic acids is 3. The zero-order valence-corrected chi connectivity index (χ0v) is 18.6. The number of amides is 1. The molecule has 3 N–H and O–H groups in total. The lowest BCUT2D eigenvalue weighted by Crippen LogP contribution is -3.06. The van der Waals surface area contributed by atoms with Gasteiger partial charge in [-0.3, -0.25) is 9.59 Å². The average molecular weight is 430 g/mol.